The first-order valence-electron chi connectivity index (χ1n) is 8.68. The first-order chi connectivity index (χ1) is 12.8. The van der Waals surface area contributed by atoms with Gasteiger partial charge >= 0.3 is 0 Å². The molecule has 1 N–H and O–H groups in total. The van der Waals surface area contributed by atoms with E-state index in [1.165, 1.54) is 4.90 Å². The fourth-order valence-electron chi connectivity index (χ4n) is 2.62. The Morgan fingerprint density at radius 2 is 1.93 bits per heavy atom. The van der Waals surface area contributed by atoms with Crippen LogP contribution in [0.15, 0.2) is 17.1 Å². The van der Waals surface area contributed by atoms with Gasteiger partial charge in [-0.1, -0.05) is 0 Å². The topological polar surface area (TPSA) is 57.2 Å². The zero-order valence-electron chi connectivity index (χ0n) is 15.8. The van der Waals surface area contributed by atoms with E-state index in [1.54, 1.807) is 26.0 Å². The number of amides is 1. The van der Waals surface area contributed by atoms with Crippen LogP contribution in [0.2, 0.25) is 0 Å². The van der Waals surface area contributed by atoms with Gasteiger partial charge in [0.2, 0.25) is 5.91 Å². The van der Waals surface area contributed by atoms with Crippen LogP contribution in [0.25, 0.3) is 0 Å². The van der Waals surface area contributed by atoms with Crippen molar-refractivity contribution in [3.63, 3.8) is 0 Å². The smallest absolute Gasteiger partial charge is 0.243 e. The molecule has 1 aliphatic heterocycles. The van der Waals surface area contributed by atoms with Gasteiger partial charge in [0.25, 0.3) is 0 Å². The predicted octanol–water partition coefficient (Wildman–Crippen LogP) is 1.61. The largest absolute Gasteiger partial charge is 0.381 e. The summed E-state index contributed by atoms with van der Waals surface area (Å²) in [6.45, 7) is 1.99. The average Bonchev–Trinajstić information content (AvgIpc) is 3.12. The lowest BCUT2D eigenvalue weighted by molar-refractivity contribution is -0.127. The molecule has 1 heterocycles. The van der Waals surface area contributed by atoms with Crippen LogP contribution in [0.4, 0.5) is 13.2 Å². The predicted molar refractivity (Wildman–Crippen MR) is 95.7 cm³/mol. The quantitative estimate of drug-likeness (QED) is 0.459. The molecule has 1 aromatic rings. The van der Waals surface area contributed by atoms with Crippen LogP contribution < -0.4 is 5.32 Å². The van der Waals surface area contributed by atoms with Gasteiger partial charge in [-0.2, -0.15) is 0 Å². The minimum Gasteiger partial charge on any atom is -0.381 e. The van der Waals surface area contributed by atoms with Crippen molar-refractivity contribution < 1.29 is 22.7 Å². The van der Waals surface area contributed by atoms with Gasteiger partial charge in [0.05, 0.1) is 6.61 Å². The Morgan fingerprint density at radius 3 is 2.48 bits per heavy atom. The van der Waals surface area contributed by atoms with Crippen LogP contribution in [-0.4, -0.2) is 69.1 Å². The minimum atomic E-state index is -1.49. The Balaban J connectivity index is 2.09. The zero-order valence-corrected chi connectivity index (χ0v) is 15.8. The number of benzene rings is 1. The summed E-state index contributed by atoms with van der Waals surface area (Å²) < 4.78 is 45.4. The third-order valence-electron chi connectivity index (χ3n) is 4.26. The molecule has 1 aromatic carbocycles. The van der Waals surface area contributed by atoms with Crippen LogP contribution in [-0.2, 0) is 16.1 Å². The number of likely N-dealkylation sites (N-methyl/N-ethyl adjacent to an activating group) is 1. The van der Waals surface area contributed by atoms with Crippen molar-refractivity contribution in [2.24, 2.45) is 10.9 Å². The lowest BCUT2D eigenvalue weighted by atomic mass is 10.1. The SMILES string of the molecule is CN(C)C(=O)CN=C(NCC1CCOC1)N(C)Cc1cc(F)c(F)c(F)c1. The summed E-state index contributed by atoms with van der Waals surface area (Å²) >= 11 is 0. The van der Waals surface area contributed by atoms with Gasteiger partial charge in [0.1, 0.15) is 6.54 Å². The summed E-state index contributed by atoms with van der Waals surface area (Å²) in [5.74, 6) is -3.40. The van der Waals surface area contributed by atoms with Crippen molar-refractivity contribution in [2.45, 2.75) is 13.0 Å². The first kappa shape index (κ1) is 21.0. The molecule has 0 bridgehead atoms. The van der Waals surface area contributed by atoms with E-state index in [2.05, 4.69) is 10.3 Å². The van der Waals surface area contributed by atoms with Gasteiger partial charge in [0.15, 0.2) is 23.4 Å². The highest BCUT2D eigenvalue weighted by molar-refractivity contribution is 5.84. The molecule has 27 heavy (non-hydrogen) atoms. The Morgan fingerprint density at radius 1 is 1.26 bits per heavy atom. The molecule has 9 heteroatoms. The Labute approximate surface area is 157 Å². The number of hydrogen-bond acceptors (Lipinski definition) is 3. The van der Waals surface area contributed by atoms with Crippen molar-refractivity contribution in [3.05, 3.63) is 35.1 Å². The minimum absolute atomic E-state index is 0.0625. The maximum absolute atomic E-state index is 13.4. The molecular formula is C18H25F3N4O2. The van der Waals surface area contributed by atoms with Gasteiger partial charge in [-0.15, -0.1) is 0 Å². The molecule has 0 radical (unpaired) electrons. The highest BCUT2D eigenvalue weighted by Gasteiger charge is 2.18. The fraction of sp³-hybridized carbons (Fsp3) is 0.556. The number of guanidine groups is 1. The third kappa shape index (κ3) is 6.13. The van der Waals surface area contributed by atoms with E-state index in [0.717, 1.165) is 18.6 Å². The fourth-order valence-corrected chi connectivity index (χ4v) is 2.62. The molecule has 1 unspecified atom stereocenters. The van der Waals surface area contributed by atoms with Crippen molar-refractivity contribution in [1.82, 2.24) is 15.1 Å². The highest BCUT2D eigenvalue weighted by atomic mass is 19.2. The van der Waals surface area contributed by atoms with Crippen molar-refractivity contribution in [2.75, 3.05) is 47.4 Å². The van der Waals surface area contributed by atoms with Gasteiger partial charge in [-0.3, -0.25) is 4.79 Å². The third-order valence-corrected chi connectivity index (χ3v) is 4.26. The number of hydrogen-bond donors (Lipinski definition) is 1. The van der Waals surface area contributed by atoms with Crippen LogP contribution in [0.3, 0.4) is 0 Å². The van der Waals surface area contributed by atoms with E-state index >= 15 is 0 Å². The molecule has 0 spiro atoms. The van der Waals surface area contributed by atoms with E-state index in [9.17, 15) is 18.0 Å². The second-order valence-corrected chi connectivity index (χ2v) is 6.77. The molecule has 150 valence electrons. The van der Waals surface area contributed by atoms with Crippen LogP contribution in [0, 0.1) is 23.4 Å². The van der Waals surface area contributed by atoms with Crippen LogP contribution in [0.1, 0.15) is 12.0 Å². The van der Waals surface area contributed by atoms with E-state index in [1.807, 2.05) is 0 Å². The number of nitrogens with zero attached hydrogens (tertiary/aromatic N) is 3. The molecule has 1 saturated heterocycles. The maximum atomic E-state index is 13.4. The number of halogens is 3. The lowest BCUT2D eigenvalue weighted by Gasteiger charge is -2.24. The van der Waals surface area contributed by atoms with Gasteiger partial charge in [0, 0.05) is 46.8 Å². The Bertz CT molecular complexity index is 668. The average molecular weight is 386 g/mol. The molecule has 0 saturated carbocycles. The first-order valence-corrected chi connectivity index (χ1v) is 8.68. The second kappa shape index (κ2) is 9.59. The van der Waals surface area contributed by atoms with Crippen molar-refractivity contribution in [1.29, 1.82) is 0 Å². The summed E-state index contributed by atoms with van der Waals surface area (Å²) in [5, 5.41) is 3.18. The summed E-state index contributed by atoms with van der Waals surface area (Å²) in [6.07, 6.45) is 0.926. The Hall–Kier alpha value is -2.29. The van der Waals surface area contributed by atoms with Crippen LogP contribution >= 0.6 is 0 Å². The van der Waals surface area contributed by atoms with Gasteiger partial charge in [-0.25, -0.2) is 18.2 Å². The van der Waals surface area contributed by atoms with E-state index < -0.39 is 17.5 Å². The molecule has 1 fully saturated rings. The van der Waals surface area contributed by atoms with Crippen molar-refractivity contribution >= 4 is 11.9 Å². The van der Waals surface area contributed by atoms with Crippen LogP contribution in [0.5, 0.6) is 0 Å². The van der Waals surface area contributed by atoms with Crippen molar-refractivity contribution in [3.8, 4) is 0 Å². The molecule has 0 aliphatic carbocycles. The van der Waals surface area contributed by atoms with Gasteiger partial charge in [-0.05, 0) is 24.1 Å². The number of rotatable bonds is 6. The summed E-state index contributed by atoms with van der Waals surface area (Å²) in [7, 11) is 4.94. The molecule has 2 rings (SSSR count). The highest BCUT2D eigenvalue weighted by Crippen LogP contribution is 2.15. The molecule has 1 atom stereocenters. The number of aliphatic imine (C=N–C) groups is 1. The Kier molecular flexibility index (Phi) is 7.46. The standard InChI is InChI=1S/C18H25F3N4O2/c1-24(2)16(26)9-23-18(22-8-12-4-5-27-11-12)25(3)10-13-6-14(19)17(21)15(20)7-13/h6-7,12H,4-5,8-11H2,1-3H3,(H,22,23). The maximum Gasteiger partial charge on any atom is 0.243 e. The lowest BCUT2D eigenvalue weighted by Crippen LogP contribution is -2.41. The number of nitrogens with one attached hydrogen (secondary N) is 1. The molecule has 0 aromatic heterocycles. The van der Waals surface area contributed by atoms with E-state index in [-0.39, 0.29) is 24.6 Å². The van der Waals surface area contributed by atoms with E-state index in [0.29, 0.717) is 31.6 Å². The number of carbonyl (C=O) groups is 1. The molecule has 1 aliphatic rings. The summed E-state index contributed by atoms with van der Waals surface area (Å²) in [5.41, 5.74) is 0.256. The molecular weight excluding hydrogens is 361 g/mol. The zero-order chi connectivity index (χ0) is 20.0. The summed E-state index contributed by atoms with van der Waals surface area (Å²) in [6, 6.07) is 1.89. The number of carbonyl (C=O) groups excluding carboxylic acids is 1. The normalized spacial score (nSPS) is 17.1. The van der Waals surface area contributed by atoms with Gasteiger partial charge < -0.3 is 19.9 Å². The monoisotopic (exact) mass is 386 g/mol. The summed E-state index contributed by atoms with van der Waals surface area (Å²) in [4.78, 5) is 19.2. The van der Waals surface area contributed by atoms with E-state index in [4.69, 9.17) is 4.74 Å². The number of ether oxygens (including phenoxy) is 1. The molecule has 6 nitrogen and oxygen atoms in total. The second-order valence-electron chi connectivity index (χ2n) is 6.77. The molecule has 1 amide bonds.